The van der Waals surface area contributed by atoms with E-state index in [9.17, 15) is 0 Å². The summed E-state index contributed by atoms with van der Waals surface area (Å²) < 4.78 is 8.59. The Morgan fingerprint density at radius 2 is 1.96 bits per heavy atom. The Hall–Kier alpha value is -2.78. The van der Waals surface area contributed by atoms with Gasteiger partial charge in [-0.25, -0.2) is 4.68 Å². The van der Waals surface area contributed by atoms with Crippen LogP contribution in [0.15, 0.2) is 64.3 Å². The molecule has 9 heteroatoms. The van der Waals surface area contributed by atoms with Gasteiger partial charge in [-0.3, -0.25) is 5.43 Å². The number of hydrogen-bond donors (Lipinski definition) is 2. The van der Waals surface area contributed by atoms with Crippen LogP contribution in [0.5, 0.6) is 5.75 Å². The Bertz CT molecular complexity index is 924. The van der Waals surface area contributed by atoms with Gasteiger partial charge in [0.25, 0.3) is 0 Å². The number of nitrogens with two attached hydrogens (primary N) is 1. The lowest BCUT2D eigenvalue weighted by Gasteiger charge is -2.04. The molecule has 0 atom stereocenters. The van der Waals surface area contributed by atoms with Crippen LogP contribution in [-0.4, -0.2) is 26.3 Å². The molecule has 0 aliphatic carbocycles. The fraction of sp³-hybridized carbons (Fsp3) is 0.111. The molecule has 0 radical (unpaired) electrons. The van der Waals surface area contributed by atoms with Crippen LogP contribution in [0, 0.1) is 0 Å². The molecule has 0 aliphatic heterocycles. The molecule has 0 saturated heterocycles. The standard InChI is InChI=1S/C18H17BrN6OS/c19-15-5-1-14(2-6-15)10-25-11-16(22-24-25)12-26-17-7-3-13(4-8-17)9-21-23-18(20)27/h1-9,11H,10,12H2,(H3,20,23,27)/b21-9+. The molecule has 0 amide bonds. The summed E-state index contributed by atoms with van der Waals surface area (Å²) in [5.74, 6) is 0.733. The second-order valence-corrected chi connectivity index (χ2v) is 6.98. The number of nitrogens with one attached hydrogen (secondary N) is 1. The molecule has 3 aromatic rings. The van der Waals surface area contributed by atoms with Gasteiger partial charge in [-0.2, -0.15) is 5.10 Å². The second-order valence-electron chi connectivity index (χ2n) is 5.63. The van der Waals surface area contributed by atoms with E-state index in [4.69, 9.17) is 10.5 Å². The summed E-state index contributed by atoms with van der Waals surface area (Å²) in [7, 11) is 0. The minimum Gasteiger partial charge on any atom is -0.487 e. The number of hydrazone groups is 1. The third kappa shape index (κ3) is 6.15. The van der Waals surface area contributed by atoms with E-state index in [2.05, 4.69) is 49.0 Å². The number of halogens is 1. The molecule has 0 unspecified atom stereocenters. The van der Waals surface area contributed by atoms with Gasteiger partial charge in [-0.1, -0.05) is 33.3 Å². The van der Waals surface area contributed by atoms with E-state index in [0.717, 1.165) is 27.0 Å². The third-order valence-corrected chi connectivity index (χ3v) is 4.12. The van der Waals surface area contributed by atoms with Gasteiger partial charge in [0.2, 0.25) is 0 Å². The van der Waals surface area contributed by atoms with Crippen molar-refractivity contribution in [1.29, 1.82) is 0 Å². The van der Waals surface area contributed by atoms with Crippen LogP contribution >= 0.6 is 28.1 Å². The lowest BCUT2D eigenvalue weighted by molar-refractivity contribution is 0.301. The topological polar surface area (TPSA) is 90.3 Å². The van der Waals surface area contributed by atoms with Crippen molar-refractivity contribution in [2.75, 3.05) is 0 Å². The average Bonchev–Trinajstić information content (AvgIpc) is 3.10. The average molecular weight is 445 g/mol. The normalized spacial score (nSPS) is 10.9. The summed E-state index contributed by atoms with van der Waals surface area (Å²) in [6, 6.07) is 15.6. The summed E-state index contributed by atoms with van der Waals surface area (Å²) in [6.45, 7) is 1.01. The largest absolute Gasteiger partial charge is 0.487 e. The molecule has 3 N–H and O–H groups in total. The lowest BCUT2D eigenvalue weighted by Crippen LogP contribution is -2.23. The first-order valence-electron chi connectivity index (χ1n) is 8.03. The smallest absolute Gasteiger partial charge is 0.184 e. The molecule has 2 aromatic carbocycles. The molecule has 0 saturated carbocycles. The first-order valence-corrected chi connectivity index (χ1v) is 9.23. The quantitative estimate of drug-likeness (QED) is 0.330. The van der Waals surface area contributed by atoms with Gasteiger partial charge in [-0.15, -0.1) is 5.10 Å². The van der Waals surface area contributed by atoms with Crippen molar-refractivity contribution in [3.63, 3.8) is 0 Å². The lowest BCUT2D eigenvalue weighted by atomic mass is 10.2. The molecule has 138 valence electrons. The van der Waals surface area contributed by atoms with Gasteiger partial charge in [0.15, 0.2) is 5.11 Å². The summed E-state index contributed by atoms with van der Waals surface area (Å²) in [5, 5.41) is 12.3. The van der Waals surface area contributed by atoms with Crippen molar-refractivity contribution >= 4 is 39.5 Å². The van der Waals surface area contributed by atoms with E-state index in [1.165, 1.54) is 0 Å². The van der Waals surface area contributed by atoms with Crippen LogP contribution in [0.3, 0.4) is 0 Å². The van der Waals surface area contributed by atoms with Crippen molar-refractivity contribution in [3.05, 3.63) is 76.0 Å². The van der Waals surface area contributed by atoms with Crippen molar-refractivity contribution in [1.82, 2.24) is 20.4 Å². The van der Waals surface area contributed by atoms with Gasteiger partial charge < -0.3 is 10.5 Å². The van der Waals surface area contributed by atoms with Gasteiger partial charge in [0, 0.05) is 4.47 Å². The Balaban J connectivity index is 1.51. The van der Waals surface area contributed by atoms with Crippen LogP contribution in [-0.2, 0) is 13.2 Å². The van der Waals surface area contributed by atoms with Gasteiger partial charge >= 0.3 is 0 Å². The van der Waals surface area contributed by atoms with Crippen molar-refractivity contribution in [2.45, 2.75) is 13.2 Å². The highest BCUT2D eigenvalue weighted by molar-refractivity contribution is 9.10. The van der Waals surface area contributed by atoms with E-state index >= 15 is 0 Å². The Kier molecular flexibility index (Phi) is 6.50. The molecule has 3 rings (SSSR count). The number of benzene rings is 2. The molecule has 0 fully saturated rings. The fourth-order valence-electron chi connectivity index (χ4n) is 2.24. The maximum absolute atomic E-state index is 5.75. The minimum atomic E-state index is 0.124. The maximum Gasteiger partial charge on any atom is 0.184 e. The highest BCUT2D eigenvalue weighted by Gasteiger charge is 2.03. The zero-order valence-corrected chi connectivity index (χ0v) is 16.7. The molecular formula is C18H17BrN6OS. The summed E-state index contributed by atoms with van der Waals surface area (Å²) in [4.78, 5) is 0. The summed E-state index contributed by atoms with van der Waals surface area (Å²) in [6.07, 6.45) is 3.50. The molecular weight excluding hydrogens is 428 g/mol. The first-order chi connectivity index (χ1) is 13.1. The van der Waals surface area contributed by atoms with E-state index in [1.807, 2.05) is 54.7 Å². The Morgan fingerprint density at radius 1 is 1.22 bits per heavy atom. The molecule has 1 aromatic heterocycles. The highest BCUT2D eigenvalue weighted by Crippen LogP contribution is 2.14. The van der Waals surface area contributed by atoms with Crippen LogP contribution < -0.4 is 15.9 Å². The second kappa shape index (κ2) is 9.24. The number of aromatic nitrogens is 3. The van der Waals surface area contributed by atoms with Crippen molar-refractivity contribution < 1.29 is 4.74 Å². The van der Waals surface area contributed by atoms with Crippen LogP contribution in [0.4, 0.5) is 0 Å². The van der Waals surface area contributed by atoms with E-state index in [1.54, 1.807) is 10.9 Å². The van der Waals surface area contributed by atoms with Crippen LogP contribution in [0.25, 0.3) is 0 Å². The Labute approximate surface area is 170 Å². The number of hydrogen-bond acceptors (Lipinski definition) is 5. The third-order valence-electron chi connectivity index (χ3n) is 3.50. The predicted octanol–water partition coefficient (Wildman–Crippen LogP) is 2.84. The molecule has 0 bridgehead atoms. The van der Waals surface area contributed by atoms with E-state index < -0.39 is 0 Å². The molecule has 1 heterocycles. The first kappa shape index (κ1) is 19.0. The highest BCUT2D eigenvalue weighted by atomic mass is 79.9. The monoisotopic (exact) mass is 444 g/mol. The SMILES string of the molecule is NC(=S)N/N=C/c1ccc(OCc2cn(Cc3ccc(Br)cc3)nn2)cc1. The zero-order valence-electron chi connectivity index (χ0n) is 14.2. The number of nitrogens with zero attached hydrogens (tertiary/aromatic N) is 4. The van der Waals surface area contributed by atoms with Crippen molar-refractivity contribution in [2.24, 2.45) is 10.8 Å². The molecule has 0 spiro atoms. The Morgan fingerprint density at radius 3 is 2.67 bits per heavy atom. The number of rotatable bonds is 7. The van der Waals surface area contributed by atoms with E-state index in [0.29, 0.717) is 13.2 Å². The fourth-order valence-corrected chi connectivity index (χ4v) is 2.55. The molecule has 7 nitrogen and oxygen atoms in total. The summed E-state index contributed by atoms with van der Waals surface area (Å²) >= 11 is 8.10. The maximum atomic E-state index is 5.75. The number of ether oxygens (including phenoxy) is 1. The number of thiocarbonyl (C=S) groups is 1. The predicted molar refractivity (Wildman–Crippen MR) is 112 cm³/mol. The van der Waals surface area contributed by atoms with Crippen LogP contribution in [0.1, 0.15) is 16.8 Å². The summed E-state index contributed by atoms with van der Waals surface area (Å²) in [5.41, 5.74) is 10.6. The van der Waals surface area contributed by atoms with Gasteiger partial charge in [0.05, 0.1) is 19.0 Å². The molecule has 0 aliphatic rings. The van der Waals surface area contributed by atoms with Gasteiger partial charge in [0.1, 0.15) is 18.1 Å². The zero-order chi connectivity index (χ0) is 19.1. The minimum absolute atomic E-state index is 0.124. The molecule has 27 heavy (non-hydrogen) atoms. The van der Waals surface area contributed by atoms with E-state index in [-0.39, 0.29) is 5.11 Å². The van der Waals surface area contributed by atoms with Gasteiger partial charge in [-0.05, 0) is 59.7 Å². The van der Waals surface area contributed by atoms with Crippen molar-refractivity contribution in [3.8, 4) is 5.75 Å². The van der Waals surface area contributed by atoms with Crippen LogP contribution in [0.2, 0.25) is 0 Å².